The Morgan fingerprint density at radius 2 is 1.84 bits per heavy atom. The number of hydrogen-bond donors (Lipinski definition) is 4. The largest absolute Gasteiger partial charge is 0.483 e. The quantitative estimate of drug-likeness (QED) is 0.182. The van der Waals surface area contributed by atoms with E-state index in [1.54, 1.807) is 19.9 Å². The van der Waals surface area contributed by atoms with E-state index < -0.39 is 92.4 Å². The molecule has 1 spiro atoms. The van der Waals surface area contributed by atoms with Crippen molar-refractivity contribution in [1.29, 1.82) is 0 Å². The number of halogens is 4. The lowest BCUT2D eigenvalue weighted by atomic mass is 9.85. The van der Waals surface area contributed by atoms with Crippen molar-refractivity contribution in [2.45, 2.75) is 143 Å². The number of nitrogens with zero attached hydrogens (tertiary/aromatic N) is 2. The molecule has 4 heterocycles. The molecule has 0 bridgehead atoms. The van der Waals surface area contributed by atoms with E-state index in [4.69, 9.17) is 14.5 Å². The summed E-state index contributed by atoms with van der Waals surface area (Å²) in [5.41, 5.74) is -0.416. The third kappa shape index (κ3) is 6.97. The molecule has 3 aliphatic heterocycles. The molecule has 310 valence electrons. The van der Waals surface area contributed by atoms with E-state index in [2.05, 4.69) is 15.4 Å². The van der Waals surface area contributed by atoms with Crippen molar-refractivity contribution >= 4 is 38.6 Å². The number of nitrogens with one attached hydrogen (secondary N) is 3. The number of aliphatic hydroxyl groups excluding tert-OH is 1. The zero-order chi connectivity index (χ0) is 40.8. The normalized spacial score (nSPS) is 33.9. The Hall–Kier alpha value is -3.87. The second kappa shape index (κ2) is 13.9. The number of carbonyl (C=O) groups is 3. The number of benzene rings is 1. The first-order chi connectivity index (χ1) is 26.8. The highest BCUT2D eigenvalue weighted by atomic mass is 32.2. The van der Waals surface area contributed by atoms with Crippen LogP contribution in [0.3, 0.4) is 0 Å². The van der Waals surface area contributed by atoms with Crippen molar-refractivity contribution in [3.8, 4) is 5.75 Å². The number of alkyl halides is 4. The first-order valence-corrected chi connectivity index (χ1v) is 21.1. The molecule has 8 rings (SSSR count). The molecular weight excluding hydrogens is 775 g/mol. The lowest BCUT2D eigenvalue weighted by Crippen LogP contribution is -2.65. The van der Waals surface area contributed by atoms with Crippen LogP contribution >= 0.6 is 0 Å². The molecule has 1 aromatic carbocycles. The molecular formula is C39H47F4N5O8S. The number of ether oxygens (including phenoxy) is 2. The zero-order valence-corrected chi connectivity index (χ0v) is 32.5. The van der Waals surface area contributed by atoms with Crippen LogP contribution in [0.4, 0.5) is 17.6 Å². The number of aliphatic hydroxyl groups is 1. The number of para-hydroxylation sites is 1. The summed E-state index contributed by atoms with van der Waals surface area (Å²) in [5, 5.41) is 17.0. The van der Waals surface area contributed by atoms with Gasteiger partial charge in [-0.2, -0.15) is 17.6 Å². The summed E-state index contributed by atoms with van der Waals surface area (Å²) < 4.78 is 94.5. The van der Waals surface area contributed by atoms with Gasteiger partial charge in [0.2, 0.25) is 28.3 Å². The van der Waals surface area contributed by atoms with E-state index in [1.165, 1.54) is 4.90 Å². The van der Waals surface area contributed by atoms with Gasteiger partial charge in [0.25, 0.3) is 5.91 Å². The number of sulfonamides is 1. The SMILES string of the molecule is Cc1nc2ccccc2c2c1O[C@]1(CC2)C[C@H]2C(=O)N[C@]3(C(=O)NS(=O)(=O)C4(C)CC4)C[C@H]3/C=C\CCCCC[C@H](NC(O)OC3CC(F)(F)C3(F)F)C(=O)N2C1. The molecule has 2 aromatic rings. The average molecular weight is 822 g/mol. The molecule has 7 atom stereocenters. The highest BCUT2D eigenvalue weighted by Gasteiger charge is 2.73. The highest BCUT2D eigenvalue weighted by Crippen LogP contribution is 2.53. The van der Waals surface area contributed by atoms with Crippen molar-refractivity contribution in [2.75, 3.05) is 6.54 Å². The fourth-order valence-electron chi connectivity index (χ4n) is 8.77. The number of allylic oxidation sites excluding steroid dienone is 1. The minimum Gasteiger partial charge on any atom is -0.483 e. The van der Waals surface area contributed by atoms with E-state index in [0.717, 1.165) is 16.5 Å². The van der Waals surface area contributed by atoms with Crippen molar-refractivity contribution in [1.82, 2.24) is 25.2 Å². The second-order valence-electron chi connectivity index (χ2n) is 16.9. The highest BCUT2D eigenvalue weighted by molar-refractivity contribution is 7.91. The maximum atomic E-state index is 14.7. The Bertz CT molecular complexity index is 2140. The molecule has 4 fully saturated rings. The molecule has 4 N–H and O–H groups in total. The predicted molar refractivity (Wildman–Crippen MR) is 196 cm³/mol. The van der Waals surface area contributed by atoms with E-state index in [1.807, 2.05) is 30.3 Å². The minimum absolute atomic E-state index is 0.0278. The Morgan fingerprint density at radius 1 is 1.09 bits per heavy atom. The van der Waals surface area contributed by atoms with Crippen molar-refractivity contribution in [3.05, 3.63) is 47.7 Å². The number of amides is 3. The van der Waals surface area contributed by atoms with Gasteiger partial charge in [0.15, 0.2) is 0 Å². The van der Waals surface area contributed by atoms with Gasteiger partial charge in [-0.3, -0.25) is 24.4 Å². The van der Waals surface area contributed by atoms with Crippen LogP contribution in [-0.4, -0.2) is 100 Å². The first kappa shape index (κ1) is 39.9. The predicted octanol–water partition coefficient (Wildman–Crippen LogP) is 3.90. The van der Waals surface area contributed by atoms with Crippen LogP contribution in [0.5, 0.6) is 5.75 Å². The summed E-state index contributed by atoms with van der Waals surface area (Å²) in [5.74, 6) is -11.1. The van der Waals surface area contributed by atoms with Crippen LogP contribution in [0.15, 0.2) is 36.4 Å². The Labute approximate surface area is 327 Å². The van der Waals surface area contributed by atoms with Gasteiger partial charge in [0, 0.05) is 23.3 Å². The molecule has 13 nitrogen and oxygen atoms in total. The molecule has 6 aliphatic rings. The van der Waals surface area contributed by atoms with Gasteiger partial charge in [0.05, 0.1) is 35.0 Å². The third-order valence-electron chi connectivity index (χ3n) is 12.9. The number of carbonyl (C=O) groups excluding carboxylic acids is 3. The van der Waals surface area contributed by atoms with Crippen LogP contribution in [0.2, 0.25) is 0 Å². The number of aromatic nitrogens is 1. The standard InChI is InChI=1S/C39H47F4N5O8S/c1-22-30-25(24-11-8-9-12-26(24)44-22)14-15-36(56-30)19-28-31(49)46-37(33(51)47-57(53,54)35(2)16-17-35)18-23(37)10-6-4-3-5-7-13-27(32(50)48(28)21-36)45-34(52)55-29-20-38(40,41)39(29,42)43/h6,8-12,23,27-29,34,45,52H,3-5,7,13-21H2,1-2H3,(H,46,49)(H,47,51)/b10-6-/t23-,27+,28+,29?,34?,36-,37-/m1/s1. The summed E-state index contributed by atoms with van der Waals surface area (Å²) in [6.45, 7) is 3.23. The molecule has 2 unspecified atom stereocenters. The number of rotatable bonds is 7. The molecule has 1 aromatic heterocycles. The van der Waals surface area contributed by atoms with Crippen LogP contribution in [0, 0.1) is 12.8 Å². The van der Waals surface area contributed by atoms with E-state index >= 15 is 0 Å². The number of fused-ring (bicyclic) bond motifs is 5. The molecule has 0 radical (unpaired) electrons. The fourth-order valence-corrected chi connectivity index (χ4v) is 10.1. The lowest BCUT2D eigenvalue weighted by Gasteiger charge is -2.44. The average Bonchev–Trinajstić information content (AvgIpc) is 4.05. The van der Waals surface area contributed by atoms with E-state index in [9.17, 15) is 45.5 Å². The number of hydrogen-bond acceptors (Lipinski definition) is 10. The first-order valence-electron chi connectivity index (χ1n) is 19.6. The summed E-state index contributed by atoms with van der Waals surface area (Å²) in [4.78, 5) is 49.2. The topological polar surface area (TPSA) is 176 Å². The summed E-state index contributed by atoms with van der Waals surface area (Å²) in [6.07, 6.45) is 1.88. The van der Waals surface area contributed by atoms with Crippen LogP contribution in [-0.2, 0) is 35.6 Å². The van der Waals surface area contributed by atoms with Crippen molar-refractivity contribution < 1.29 is 54.9 Å². The van der Waals surface area contributed by atoms with E-state index in [0.29, 0.717) is 62.8 Å². The zero-order valence-electron chi connectivity index (χ0n) is 31.7. The maximum absolute atomic E-state index is 14.7. The maximum Gasteiger partial charge on any atom is 0.336 e. The summed E-state index contributed by atoms with van der Waals surface area (Å²) in [6, 6.07) is 5.05. The van der Waals surface area contributed by atoms with Crippen LogP contribution in [0.25, 0.3) is 10.9 Å². The van der Waals surface area contributed by atoms with Crippen LogP contribution < -0.4 is 20.1 Å². The molecule has 1 saturated heterocycles. The second-order valence-corrected chi connectivity index (χ2v) is 19.1. The summed E-state index contributed by atoms with van der Waals surface area (Å²) in [7, 11) is -4.06. The number of aryl methyl sites for hydroxylation is 2. The molecule has 3 amide bonds. The molecule has 3 saturated carbocycles. The lowest BCUT2D eigenvalue weighted by molar-refractivity contribution is -0.364. The van der Waals surface area contributed by atoms with Gasteiger partial charge in [-0.05, 0) is 71.3 Å². The van der Waals surface area contributed by atoms with Crippen molar-refractivity contribution in [3.63, 3.8) is 0 Å². The Kier molecular flexibility index (Phi) is 9.72. The van der Waals surface area contributed by atoms with Gasteiger partial charge in [-0.25, -0.2) is 13.4 Å². The number of pyridine rings is 1. The molecule has 57 heavy (non-hydrogen) atoms. The smallest absolute Gasteiger partial charge is 0.336 e. The van der Waals surface area contributed by atoms with Gasteiger partial charge >= 0.3 is 11.8 Å². The fraction of sp³-hybridized carbons (Fsp3) is 0.641. The van der Waals surface area contributed by atoms with Gasteiger partial charge in [-0.15, -0.1) is 0 Å². The Morgan fingerprint density at radius 3 is 2.56 bits per heavy atom. The van der Waals surface area contributed by atoms with Crippen LogP contribution in [0.1, 0.15) is 88.8 Å². The van der Waals surface area contributed by atoms with Crippen molar-refractivity contribution in [2.24, 2.45) is 5.92 Å². The van der Waals surface area contributed by atoms with Gasteiger partial charge in [0.1, 0.15) is 29.0 Å². The molecule has 3 aliphatic carbocycles. The van der Waals surface area contributed by atoms with E-state index in [-0.39, 0.29) is 25.8 Å². The monoisotopic (exact) mass is 821 g/mol. The summed E-state index contributed by atoms with van der Waals surface area (Å²) >= 11 is 0. The Balaban J connectivity index is 1.11. The third-order valence-corrected chi connectivity index (χ3v) is 15.0. The molecule has 18 heteroatoms. The van der Waals surface area contributed by atoms with Gasteiger partial charge in [-0.1, -0.05) is 43.2 Å². The van der Waals surface area contributed by atoms with Gasteiger partial charge < -0.3 is 24.8 Å². The minimum atomic E-state index is -4.52.